The average Bonchev–Trinajstić information content (AvgIpc) is 3.53. The highest BCUT2D eigenvalue weighted by Crippen LogP contribution is 2.40. The van der Waals surface area contributed by atoms with Crippen LogP contribution in [0.3, 0.4) is 0 Å². The van der Waals surface area contributed by atoms with Crippen LogP contribution in [0.2, 0.25) is 0 Å². The Balaban J connectivity index is 1.36. The molecule has 2 aliphatic heterocycles. The summed E-state index contributed by atoms with van der Waals surface area (Å²) < 4.78 is 12.7. The molecule has 7 nitrogen and oxygen atoms in total. The first kappa shape index (κ1) is 23.4. The van der Waals surface area contributed by atoms with E-state index in [2.05, 4.69) is 5.32 Å². The molecule has 0 unspecified atom stereocenters. The van der Waals surface area contributed by atoms with E-state index in [1.807, 2.05) is 53.4 Å². The largest absolute Gasteiger partial charge is 0.504 e. The molecular weight excluding hydrogens is 488 g/mol. The summed E-state index contributed by atoms with van der Waals surface area (Å²) in [6.07, 6.45) is 0.789. The van der Waals surface area contributed by atoms with E-state index in [0.29, 0.717) is 48.1 Å². The molecule has 37 heavy (non-hydrogen) atoms. The van der Waals surface area contributed by atoms with Crippen LogP contribution in [0.4, 0.5) is 0 Å². The van der Waals surface area contributed by atoms with Crippen molar-refractivity contribution in [3.05, 3.63) is 82.7 Å². The SMILES string of the molecule is COc1ccc2cc1Oc1cc(ccc1O)CCC(=O)N[C@@H]1CN(C(=O)c3cc4ccccc4s3)C[C@@H]21. The molecule has 2 aliphatic rings. The number of fused-ring (bicyclic) bond motifs is 7. The monoisotopic (exact) mass is 514 g/mol. The summed E-state index contributed by atoms with van der Waals surface area (Å²) in [4.78, 5) is 29.0. The van der Waals surface area contributed by atoms with Crippen LogP contribution in [0.5, 0.6) is 23.0 Å². The fourth-order valence-electron chi connectivity index (χ4n) is 5.15. The molecule has 3 aromatic carbocycles. The lowest BCUT2D eigenvalue weighted by Crippen LogP contribution is -2.40. The number of amides is 2. The molecule has 0 saturated carbocycles. The fourth-order valence-corrected chi connectivity index (χ4v) is 6.18. The standard InChI is InChI=1S/C29H26N2O5S/c1-35-23-10-8-18-13-25(23)36-24-12-17(6-9-22(24)32)7-11-28(33)30-21-16-31(15-20(18)21)29(34)27-14-19-4-2-3-5-26(19)37-27/h2-6,8-10,12-14,20-21,32H,7,11,15-16H2,1H3,(H,30,33)/t20-,21+/m0/s1. The molecule has 1 fully saturated rings. The summed E-state index contributed by atoms with van der Waals surface area (Å²) in [5, 5.41) is 14.6. The summed E-state index contributed by atoms with van der Waals surface area (Å²) in [6.45, 7) is 0.878. The van der Waals surface area contributed by atoms with Crippen LogP contribution in [-0.4, -0.2) is 48.1 Å². The smallest absolute Gasteiger partial charge is 0.264 e. The lowest BCUT2D eigenvalue weighted by Gasteiger charge is -2.21. The summed E-state index contributed by atoms with van der Waals surface area (Å²) in [5.41, 5.74) is 1.80. The molecule has 188 valence electrons. The third-order valence-corrected chi connectivity index (χ3v) is 8.19. The number of phenolic OH excluding ortho intramolecular Hbond substituents is 1. The molecule has 1 aromatic heterocycles. The van der Waals surface area contributed by atoms with Gasteiger partial charge in [0.05, 0.1) is 18.0 Å². The van der Waals surface area contributed by atoms with Gasteiger partial charge in [-0.15, -0.1) is 11.3 Å². The van der Waals surface area contributed by atoms with E-state index in [1.54, 1.807) is 25.3 Å². The highest BCUT2D eigenvalue weighted by atomic mass is 32.1. The molecule has 6 rings (SSSR count). The Morgan fingerprint density at radius 1 is 1.05 bits per heavy atom. The predicted octanol–water partition coefficient (Wildman–Crippen LogP) is 5.08. The maximum Gasteiger partial charge on any atom is 0.264 e. The van der Waals surface area contributed by atoms with Gasteiger partial charge in [0, 0.05) is 30.1 Å². The van der Waals surface area contributed by atoms with Crippen LogP contribution >= 0.6 is 11.3 Å². The second-order valence-electron chi connectivity index (χ2n) is 9.45. The maximum absolute atomic E-state index is 13.5. The minimum atomic E-state index is -0.246. The van der Waals surface area contributed by atoms with Gasteiger partial charge >= 0.3 is 0 Å². The maximum atomic E-state index is 13.5. The number of methoxy groups -OCH3 is 1. The van der Waals surface area contributed by atoms with Crippen LogP contribution < -0.4 is 14.8 Å². The molecule has 2 atom stereocenters. The van der Waals surface area contributed by atoms with E-state index >= 15 is 0 Å². The van der Waals surface area contributed by atoms with Gasteiger partial charge < -0.3 is 24.8 Å². The quantitative estimate of drug-likeness (QED) is 0.390. The minimum Gasteiger partial charge on any atom is -0.504 e. The van der Waals surface area contributed by atoms with Gasteiger partial charge in [0.1, 0.15) is 0 Å². The zero-order chi connectivity index (χ0) is 25.5. The molecule has 0 aliphatic carbocycles. The minimum absolute atomic E-state index is 0.00868. The van der Waals surface area contributed by atoms with Crippen molar-refractivity contribution in [1.29, 1.82) is 0 Å². The summed E-state index contributed by atoms with van der Waals surface area (Å²) in [5.74, 6) is 1.06. The van der Waals surface area contributed by atoms with Gasteiger partial charge in [-0.1, -0.05) is 30.3 Å². The molecule has 4 bridgehead atoms. The van der Waals surface area contributed by atoms with E-state index in [0.717, 1.165) is 21.2 Å². The molecule has 1 saturated heterocycles. The number of carbonyl (C=O) groups excluding carboxylic acids is 2. The molecule has 2 N–H and O–H groups in total. The first-order chi connectivity index (χ1) is 18.0. The number of aromatic hydroxyl groups is 1. The average molecular weight is 515 g/mol. The van der Waals surface area contributed by atoms with Crippen LogP contribution in [0.15, 0.2) is 66.7 Å². The lowest BCUT2D eigenvalue weighted by atomic mass is 9.93. The van der Waals surface area contributed by atoms with Crippen molar-refractivity contribution in [2.45, 2.75) is 24.8 Å². The second kappa shape index (κ2) is 9.44. The number of phenols is 1. The Labute approximate surface area is 218 Å². The first-order valence-corrected chi connectivity index (χ1v) is 13.0. The third-order valence-electron chi connectivity index (χ3n) is 7.09. The number of carbonyl (C=O) groups is 2. The number of likely N-dealkylation sites (tertiary alicyclic amines) is 1. The highest BCUT2D eigenvalue weighted by Gasteiger charge is 2.38. The predicted molar refractivity (Wildman–Crippen MR) is 142 cm³/mol. The third kappa shape index (κ3) is 4.49. The van der Waals surface area contributed by atoms with Crippen molar-refractivity contribution < 1.29 is 24.2 Å². The molecular formula is C29H26N2O5S. The van der Waals surface area contributed by atoms with Crippen LogP contribution in [0, 0.1) is 0 Å². The normalized spacial score (nSPS) is 19.2. The van der Waals surface area contributed by atoms with Gasteiger partial charge in [-0.2, -0.15) is 0 Å². The van der Waals surface area contributed by atoms with Gasteiger partial charge in [-0.25, -0.2) is 0 Å². The van der Waals surface area contributed by atoms with Gasteiger partial charge in [0.2, 0.25) is 5.91 Å². The number of nitrogens with one attached hydrogen (secondary N) is 1. The van der Waals surface area contributed by atoms with Gasteiger partial charge in [-0.3, -0.25) is 9.59 Å². The second-order valence-corrected chi connectivity index (χ2v) is 10.5. The lowest BCUT2D eigenvalue weighted by molar-refractivity contribution is -0.121. The van der Waals surface area contributed by atoms with Crippen molar-refractivity contribution in [2.24, 2.45) is 0 Å². The summed E-state index contributed by atoms with van der Waals surface area (Å²) >= 11 is 1.49. The molecule has 2 amide bonds. The van der Waals surface area contributed by atoms with Gasteiger partial charge in [0.15, 0.2) is 23.0 Å². The first-order valence-electron chi connectivity index (χ1n) is 12.2. The number of thiophene rings is 1. The molecule has 4 aromatic rings. The Morgan fingerprint density at radius 3 is 2.76 bits per heavy atom. The molecule has 3 heterocycles. The molecule has 0 radical (unpaired) electrons. The molecule has 8 heteroatoms. The van der Waals surface area contributed by atoms with Crippen molar-refractivity contribution in [3.63, 3.8) is 0 Å². The number of benzene rings is 3. The zero-order valence-corrected chi connectivity index (χ0v) is 21.1. The van der Waals surface area contributed by atoms with Crippen LogP contribution in [0.1, 0.15) is 33.1 Å². The van der Waals surface area contributed by atoms with Gasteiger partial charge in [0.25, 0.3) is 5.91 Å². The summed E-state index contributed by atoms with van der Waals surface area (Å²) in [6, 6.07) is 20.4. The number of hydrogen-bond donors (Lipinski definition) is 2. The van der Waals surface area contributed by atoms with E-state index in [4.69, 9.17) is 9.47 Å². The van der Waals surface area contributed by atoms with E-state index in [-0.39, 0.29) is 29.5 Å². The van der Waals surface area contributed by atoms with Crippen molar-refractivity contribution in [3.8, 4) is 23.0 Å². The highest BCUT2D eigenvalue weighted by molar-refractivity contribution is 7.20. The van der Waals surface area contributed by atoms with Crippen LogP contribution in [-0.2, 0) is 11.2 Å². The Hall–Kier alpha value is -4.04. The van der Waals surface area contributed by atoms with Crippen LogP contribution in [0.25, 0.3) is 10.1 Å². The zero-order valence-electron chi connectivity index (χ0n) is 20.3. The van der Waals surface area contributed by atoms with E-state index < -0.39 is 0 Å². The number of hydrogen-bond acceptors (Lipinski definition) is 6. The Bertz CT molecular complexity index is 1480. The summed E-state index contributed by atoms with van der Waals surface area (Å²) in [7, 11) is 1.57. The van der Waals surface area contributed by atoms with Crippen molar-refractivity contribution in [1.82, 2.24) is 10.2 Å². The van der Waals surface area contributed by atoms with E-state index in [9.17, 15) is 14.7 Å². The fraction of sp³-hybridized carbons (Fsp3) is 0.241. The molecule has 0 spiro atoms. The topological polar surface area (TPSA) is 88.1 Å². The van der Waals surface area contributed by atoms with Gasteiger partial charge in [-0.05, 0) is 59.3 Å². The number of ether oxygens (including phenoxy) is 2. The number of rotatable bonds is 2. The van der Waals surface area contributed by atoms with Crippen molar-refractivity contribution >= 4 is 33.2 Å². The Kier molecular flexibility index (Phi) is 5.96. The Morgan fingerprint density at radius 2 is 1.92 bits per heavy atom. The number of aryl methyl sites for hydroxylation is 1. The van der Waals surface area contributed by atoms with E-state index in [1.165, 1.54) is 11.3 Å². The van der Waals surface area contributed by atoms with Crippen molar-refractivity contribution in [2.75, 3.05) is 20.2 Å². The number of nitrogens with zero attached hydrogens (tertiary/aromatic N) is 1.